The highest BCUT2D eigenvalue weighted by Crippen LogP contribution is 2.36. The van der Waals surface area contributed by atoms with Crippen LogP contribution >= 0.6 is 0 Å². The molecular weight excluding hydrogens is 391 g/mol. The summed E-state index contributed by atoms with van der Waals surface area (Å²) in [7, 11) is 0. The Morgan fingerprint density at radius 2 is 1.90 bits per heavy atom. The van der Waals surface area contributed by atoms with Crippen molar-refractivity contribution in [3.8, 4) is 0 Å². The molecule has 0 aromatic heterocycles. The van der Waals surface area contributed by atoms with Crippen LogP contribution in [0.3, 0.4) is 0 Å². The fourth-order valence-electron chi connectivity index (χ4n) is 4.20. The SMILES string of the molecule is NC(=O)O[C@H]1C[C@@H](C(=O)N2CCc3ccccc3[C@@H]2c2ccc(F)cc2)OC[C@@H]1O. The van der Waals surface area contributed by atoms with Gasteiger partial charge >= 0.3 is 6.09 Å². The van der Waals surface area contributed by atoms with E-state index in [-0.39, 0.29) is 24.8 Å². The maximum atomic E-state index is 13.5. The van der Waals surface area contributed by atoms with E-state index < -0.39 is 30.4 Å². The first-order valence-electron chi connectivity index (χ1n) is 9.83. The molecule has 2 aliphatic heterocycles. The molecule has 3 N–H and O–H groups in total. The fraction of sp³-hybridized carbons (Fsp3) is 0.364. The van der Waals surface area contributed by atoms with Crippen LogP contribution in [0.25, 0.3) is 0 Å². The van der Waals surface area contributed by atoms with E-state index in [2.05, 4.69) is 0 Å². The number of aliphatic hydroxyl groups excluding tert-OH is 1. The van der Waals surface area contributed by atoms with Crippen LogP contribution in [0, 0.1) is 5.82 Å². The molecule has 1 fully saturated rings. The molecule has 0 bridgehead atoms. The van der Waals surface area contributed by atoms with Gasteiger partial charge in [-0.3, -0.25) is 4.79 Å². The number of hydrogen-bond acceptors (Lipinski definition) is 5. The third kappa shape index (κ3) is 4.01. The summed E-state index contributed by atoms with van der Waals surface area (Å²) in [5.74, 6) is -0.624. The highest BCUT2D eigenvalue weighted by Gasteiger charge is 2.41. The van der Waals surface area contributed by atoms with Gasteiger partial charge in [0.25, 0.3) is 5.91 Å². The van der Waals surface area contributed by atoms with Crippen molar-refractivity contribution in [2.75, 3.05) is 13.2 Å². The number of ether oxygens (including phenoxy) is 2. The van der Waals surface area contributed by atoms with Crippen LogP contribution in [0.15, 0.2) is 48.5 Å². The van der Waals surface area contributed by atoms with Crippen molar-refractivity contribution in [3.63, 3.8) is 0 Å². The predicted molar refractivity (Wildman–Crippen MR) is 105 cm³/mol. The van der Waals surface area contributed by atoms with Crippen LogP contribution in [-0.4, -0.2) is 53.5 Å². The zero-order valence-electron chi connectivity index (χ0n) is 16.2. The number of rotatable bonds is 3. The molecule has 4 rings (SSSR count). The average Bonchev–Trinajstić information content (AvgIpc) is 2.74. The summed E-state index contributed by atoms with van der Waals surface area (Å²) < 4.78 is 24.0. The van der Waals surface area contributed by atoms with E-state index in [9.17, 15) is 19.1 Å². The van der Waals surface area contributed by atoms with Crippen LogP contribution in [0.4, 0.5) is 9.18 Å². The number of hydrogen-bond donors (Lipinski definition) is 2. The first-order valence-corrected chi connectivity index (χ1v) is 9.83. The molecule has 0 radical (unpaired) electrons. The number of aliphatic hydroxyl groups is 1. The predicted octanol–water partition coefficient (Wildman–Crippen LogP) is 1.91. The first kappa shape index (κ1) is 20.3. The van der Waals surface area contributed by atoms with Gasteiger partial charge in [0.05, 0.1) is 12.6 Å². The number of halogens is 1. The van der Waals surface area contributed by atoms with Crippen molar-refractivity contribution in [2.45, 2.75) is 37.2 Å². The smallest absolute Gasteiger partial charge is 0.404 e. The number of amides is 2. The lowest BCUT2D eigenvalue weighted by Crippen LogP contribution is -2.52. The molecule has 4 atom stereocenters. The van der Waals surface area contributed by atoms with Gasteiger partial charge in [0, 0.05) is 13.0 Å². The number of nitrogens with two attached hydrogens (primary N) is 1. The molecule has 2 aromatic rings. The minimum Gasteiger partial charge on any atom is -0.443 e. The number of benzene rings is 2. The monoisotopic (exact) mass is 414 g/mol. The van der Waals surface area contributed by atoms with Gasteiger partial charge in [0.1, 0.15) is 24.1 Å². The Bertz CT molecular complexity index is 935. The molecule has 2 amide bonds. The number of nitrogens with zero attached hydrogens (tertiary/aromatic N) is 1. The van der Waals surface area contributed by atoms with E-state index in [1.165, 1.54) is 12.1 Å². The highest BCUT2D eigenvalue weighted by atomic mass is 19.1. The highest BCUT2D eigenvalue weighted by molar-refractivity contribution is 5.82. The van der Waals surface area contributed by atoms with Crippen molar-refractivity contribution in [3.05, 3.63) is 71.0 Å². The van der Waals surface area contributed by atoms with Crippen LogP contribution in [0.1, 0.15) is 29.2 Å². The lowest BCUT2D eigenvalue weighted by Gasteiger charge is -2.41. The number of fused-ring (bicyclic) bond motifs is 1. The fourth-order valence-corrected chi connectivity index (χ4v) is 4.20. The summed E-state index contributed by atoms with van der Waals surface area (Å²) in [6, 6.07) is 13.6. The molecule has 8 heteroatoms. The molecule has 2 heterocycles. The zero-order valence-corrected chi connectivity index (χ0v) is 16.2. The quantitative estimate of drug-likeness (QED) is 0.799. The van der Waals surface area contributed by atoms with Gasteiger partial charge in [-0.1, -0.05) is 36.4 Å². The van der Waals surface area contributed by atoms with Gasteiger partial charge in [0.15, 0.2) is 0 Å². The van der Waals surface area contributed by atoms with Crippen molar-refractivity contribution in [1.82, 2.24) is 4.90 Å². The van der Waals surface area contributed by atoms with E-state index in [0.717, 1.165) is 16.7 Å². The second-order valence-corrected chi connectivity index (χ2v) is 7.53. The van der Waals surface area contributed by atoms with Crippen LogP contribution < -0.4 is 5.73 Å². The van der Waals surface area contributed by atoms with Gasteiger partial charge in [0.2, 0.25) is 0 Å². The zero-order chi connectivity index (χ0) is 21.3. The molecule has 0 aliphatic carbocycles. The number of carbonyl (C=O) groups is 2. The van der Waals surface area contributed by atoms with E-state index in [4.69, 9.17) is 15.2 Å². The lowest BCUT2D eigenvalue weighted by molar-refractivity contribution is -0.164. The average molecular weight is 414 g/mol. The molecule has 158 valence electrons. The summed E-state index contributed by atoms with van der Waals surface area (Å²) in [5, 5.41) is 10.00. The molecule has 7 nitrogen and oxygen atoms in total. The Hall–Kier alpha value is -2.97. The van der Waals surface area contributed by atoms with Gasteiger partial charge < -0.3 is 25.2 Å². The maximum Gasteiger partial charge on any atom is 0.404 e. The van der Waals surface area contributed by atoms with E-state index in [1.54, 1.807) is 17.0 Å². The summed E-state index contributed by atoms with van der Waals surface area (Å²) in [5.41, 5.74) is 7.97. The van der Waals surface area contributed by atoms with Gasteiger partial charge in [-0.25, -0.2) is 9.18 Å². The van der Waals surface area contributed by atoms with Crippen LogP contribution in [-0.2, 0) is 20.7 Å². The third-order valence-electron chi connectivity index (χ3n) is 5.64. The van der Waals surface area contributed by atoms with E-state index in [1.807, 2.05) is 24.3 Å². The molecule has 30 heavy (non-hydrogen) atoms. The van der Waals surface area contributed by atoms with E-state index in [0.29, 0.717) is 13.0 Å². The molecule has 2 aliphatic rings. The van der Waals surface area contributed by atoms with Gasteiger partial charge in [-0.15, -0.1) is 0 Å². The van der Waals surface area contributed by atoms with Crippen molar-refractivity contribution < 1.29 is 28.6 Å². The molecule has 0 saturated carbocycles. The summed E-state index contributed by atoms with van der Waals surface area (Å²) >= 11 is 0. The normalized spacial score (nSPS) is 26.0. The lowest BCUT2D eigenvalue weighted by atomic mass is 9.87. The van der Waals surface area contributed by atoms with Gasteiger partial charge in [-0.05, 0) is 35.2 Å². The molecule has 0 unspecified atom stereocenters. The Morgan fingerprint density at radius 1 is 1.17 bits per heavy atom. The number of carbonyl (C=O) groups excluding carboxylic acids is 2. The molecule has 1 saturated heterocycles. The van der Waals surface area contributed by atoms with Gasteiger partial charge in [-0.2, -0.15) is 0 Å². The maximum absolute atomic E-state index is 13.5. The Balaban J connectivity index is 1.64. The summed E-state index contributed by atoms with van der Waals surface area (Å²) in [6.45, 7) is 0.321. The Kier molecular flexibility index (Phi) is 5.69. The second kappa shape index (κ2) is 8.41. The van der Waals surface area contributed by atoms with Crippen molar-refractivity contribution in [2.24, 2.45) is 5.73 Å². The van der Waals surface area contributed by atoms with Crippen LogP contribution in [0.2, 0.25) is 0 Å². The third-order valence-corrected chi connectivity index (χ3v) is 5.64. The van der Waals surface area contributed by atoms with Crippen LogP contribution in [0.5, 0.6) is 0 Å². The Morgan fingerprint density at radius 3 is 2.63 bits per heavy atom. The first-order chi connectivity index (χ1) is 14.4. The number of primary amides is 1. The summed E-state index contributed by atoms with van der Waals surface area (Å²) in [4.78, 5) is 26.2. The molecular formula is C22H23FN2O5. The summed E-state index contributed by atoms with van der Waals surface area (Å²) in [6.07, 6.45) is -3.16. The minimum atomic E-state index is -1.04. The topological polar surface area (TPSA) is 102 Å². The standard InChI is InChI=1S/C22H23FN2O5/c23-15-7-5-14(6-8-15)20-16-4-2-1-3-13(16)9-10-25(20)21(27)19-11-18(30-22(24)28)17(26)12-29-19/h1-8,17-20,26H,9-12H2,(H2,24,28)/t17-,18-,19-,20-/m0/s1. The molecule has 0 spiro atoms. The Labute approximate surface area is 173 Å². The minimum absolute atomic E-state index is 0.0111. The van der Waals surface area contributed by atoms with Crippen molar-refractivity contribution in [1.29, 1.82) is 0 Å². The largest absolute Gasteiger partial charge is 0.443 e. The second-order valence-electron chi connectivity index (χ2n) is 7.53. The van der Waals surface area contributed by atoms with E-state index >= 15 is 0 Å². The van der Waals surface area contributed by atoms with Crippen molar-refractivity contribution >= 4 is 12.0 Å². The molecule has 2 aromatic carbocycles.